The lowest BCUT2D eigenvalue weighted by atomic mass is 9.70. The molecule has 1 aliphatic carbocycles. The van der Waals surface area contributed by atoms with Gasteiger partial charge in [0.1, 0.15) is 0 Å². The van der Waals surface area contributed by atoms with Crippen molar-refractivity contribution in [1.29, 1.82) is 0 Å². The number of piperazine rings is 1. The van der Waals surface area contributed by atoms with Gasteiger partial charge in [-0.1, -0.05) is 20.8 Å². The monoisotopic (exact) mass is 267 g/mol. The first kappa shape index (κ1) is 15.3. The zero-order valence-corrected chi connectivity index (χ0v) is 13.4. The van der Waals surface area contributed by atoms with Crippen molar-refractivity contribution in [1.82, 2.24) is 9.80 Å². The second-order valence-corrected chi connectivity index (χ2v) is 7.21. The Bertz CT molecular complexity index is 282. The Morgan fingerprint density at radius 1 is 1.11 bits per heavy atom. The number of nitrogens with two attached hydrogens (primary N) is 1. The van der Waals surface area contributed by atoms with E-state index in [4.69, 9.17) is 5.73 Å². The molecule has 0 radical (unpaired) electrons. The summed E-state index contributed by atoms with van der Waals surface area (Å²) in [7, 11) is 0. The van der Waals surface area contributed by atoms with Crippen molar-refractivity contribution in [2.75, 3.05) is 32.7 Å². The normalized spacial score (nSPS) is 42.5. The van der Waals surface area contributed by atoms with E-state index in [0.717, 1.165) is 18.4 Å². The van der Waals surface area contributed by atoms with Crippen molar-refractivity contribution in [3.05, 3.63) is 0 Å². The Balaban J connectivity index is 2.09. The predicted octanol–water partition coefficient (Wildman–Crippen LogP) is 2.17. The Hall–Kier alpha value is -0.120. The van der Waals surface area contributed by atoms with E-state index in [-0.39, 0.29) is 5.54 Å². The molecule has 0 aromatic heterocycles. The molecule has 0 spiro atoms. The number of hydrogen-bond acceptors (Lipinski definition) is 3. The average Bonchev–Trinajstić information content (AvgIpc) is 2.37. The molecule has 2 rings (SSSR count). The lowest BCUT2D eigenvalue weighted by Crippen LogP contribution is -2.64. The van der Waals surface area contributed by atoms with Crippen molar-refractivity contribution >= 4 is 0 Å². The van der Waals surface area contributed by atoms with Crippen LogP contribution in [0.5, 0.6) is 0 Å². The van der Waals surface area contributed by atoms with Crippen molar-refractivity contribution in [3.63, 3.8) is 0 Å². The highest BCUT2D eigenvalue weighted by atomic mass is 15.3. The average molecular weight is 267 g/mol. The summed E-state index contributed by atoms with van der Waals surface area (Å²) in [5.41, 5.74) is 6.53. The number of likely N-dealkylation sites (N-methyl/N-ethyl adjacent to an activating group) is 1. The zero-order valence-electron chi connectivity index (χ0n) is 13.4. The molecule has 2 fully saturated rings. The largest absolute Gasteiger partial charge is 0.329 e. The van der Waals surface area contributed by atoms with Crippen molar-refractivity contribution in [3.8, 4) is 0 Å². The molecule has 0 amide bonds. The predicted molar refractivity (Wildman–Crippen MR) is 82.2 cm³/mol. The van der Waals surface area contributed by atoms with E-state index in [1.807, 2.05) is 0 Å². The number of hydrogen-bond donors (Lipinski definition) is 1. The van der Waals surface area contributed by atoms with E-state index >= 15 is 0 Å². The standard InChI is InChI=1S/C16H33N3/c1-5-18-6-7-19(11-15(18)4)16(12-17)9-13(2)8-14(3)10-16/h13-15H,5-12,17H2,1-4H3. The first-order chi connectivity index (χ1) is 9.00. The molecule has 0 bridgehead atoms. The van der Waals surface area contributed by atoms with E-state index in [0.29, 0.717) is 6.04 Å². The molecule has 112 valence electrons. The fraction of sp³-hybridized carbons (Fsp3) is 1.00. The smallest absolute Gasteiger partial charge is 0.0338 e. The van der Waals surface area contributed by atoms with Crippen LogP contribution >= 0.6 is 0 Å². The Morgan fingerprint density at radius 3 is 2.21 bits per heavy atom. The van der Waals surface area contributed by atoms with Gasteiger partial charge in [-0.25, -0.2) is 0 Å². The fourth-order valence-corrected chi connectivity index (χ4v) is 4.68. The summed E-state index contributed by atoms with van der Waals surface area (Å²) < 4.78 is 0. The van der Waals surface area contributed by atoms with Crippen LogP contribution in [0.2, 0.25) is 0 Å². The van der Waals surface area contributed by atoms with Crippen LogP contribution in [-0.4, -0.2) is 54.1 Å². The third-order valence-corrected chi connectivity index (χ3v) is 5.48. The summed E-state index contributed by atoms with van der Waals surface area (Å²) in [5, 5.41) is 0. The van der Waals surface area contributed by atoms with E-state index in [9.17, 15) is 0 Å². The second kappa shape index (κ2) is 6.11. The Morgan fingerprint density at radius 2 is 1.74 bits per heavy atom. The molecule has 3 nitrogen and oxygen atoms in total. The summed E-state index contributed by atoms with van der Waals surface area (Å²) in [4.78, 5) is 5.33. The van der Waals surface area contributed by atoms with Gasteiger partial charge in [0.2, 0.25) is 0 Å². The first-order valence-electron chi connectivity index (χ1n) is 8.20. The molecule has 3 unspecified atom stereocenters. The third-order valence-electron chi connectivity index (χ3n) is 5.48. The molecule has 19 heavy (non-hydrogen) atoms. The highest BCUT2D eigenvalue weighted by molar-refractivity contribution is 5.00. The minimum atomic E-state index is 0.283. The van der Waals surface area contributed by atoms with Gasteiger partial charge in [-0.05, 0) is 44.6 Å². The summed E-state index contributed by atoms with van der Waals surface area (Å²) in [6, 6.07) is 0.676. The molecule has 2 aliphatic rings. The molecule has 1 saturated carbocycles. The fourth-order valence-electron chi connectivity index (χ4n) is 4.68. The Kier molecular flexibility index (Phi) is 4.91. The van der Waals surface area contributed by atoms with Crippen LogP contribution in [0.3, 0.4) is 0 Å². The van der Waals surface area contributed by atoms with E-state index in [1.165, 1.54) is 45.4 Å². The SMILES string of the molecule is CCN1CCN(C2(CN)CC(C)CC(C)C2)CC1C. The number of rotatable bonds is 3. The van der Waals surface area contributed by atoms with Crippen LogP contribution in [0, 0.1) is 11.8 Å². The lowest BCUT2D eigenvalue weighted by Gasteiger charge is -2.53. The minimum Gasteiger partial charge on any atom is -0.329 e. The molecular weight excluding hydrogens is 234 g/mol. The van der Waals surface area contributed by atoms with Crippen LogP contribution in [0.4, 0.5) is 0 Å². The van der Waals surface area contributed by atoms with Gasteiger partial charge in [-0.2, -0.15) is 0 Å². The molecule has 1 heterocycles. The van der Waals surface area contributed by atoms with Gasteiger partial charge in [0.25, 0.3) is 0 Å². The maximum atomic E-state index is 6.25. The maximum absolute atomic E-state index is 6.25. The number of nitrogens with zero attached hydrogens (tertiary/aromatic N) is 2. The van der Waals surface area contributed by atoms with Gasteiger partial charge < -0.3 is 5.73 Å². The summed E-state index contributed by atoms with van der Waals surface area (Å²) in [6.45, 7) is 15.1. The van der Waals surface area contributed by atoms with Gasteiger partial charge in [0, 0.05) is 37.8 Å². The molecular formula is C16H33N3. The summed E-state index contributed by atoms with van der Waals surface area (Å²) in [6.07, 6.45) is 3.98. The van der Waals surface area contributed by atoms with Crippen molar-refractivity contribution < 1.29 is 0 Å². The second-order valence-electron chi connectivity index (χ2n) is 7.21. The highest BCUT2D eigenvalue weighted by Crippen LogP contribution is 2.40. The molecule has 1 saturated heterocycles. The minimum absolute atomic E-state index is 0.283. The van der Waals surface area contributed by atoms with Crippen LogP contribution < -0.4 is 5.73 Å². The first-order valence-corrected chi connectivity index (χ1v) is 8.20. The quantitative estimate of drug-likeness (QED) is 0.850. The van der Waals surface area contributed by atoms with Crippen LogP contribution in [0.1, 0.15) is 47.0 Å². The van der Waals surface area contributed by atoms with E-state index in [1.54, 1.807) is 0 Å². The lowest BCUT2D eigenvalue weighted by molar-refractivity contribution is -0.0296. The van der Waals surface area contributed by atoms with E-state index in [2.05, 4.69) is 37.5 Å². The maximum Gasteiger partial charge on any atom is 0.0338 e. The zero-order chi connectivity index (χ0) is 14.0. The molecule has 3 atom stereocenters. The topological polar surface area (TPSA) is 32.5 Å². The van der Waals surface area contributed by atoms with Crippen LogP contribution in [0.25, 0.3) is 0 Å². The van der Waals surface area contributed by atoms with E-state index < -0.39 is 0 Å². The molecule has 3 heteroatoms. The molecule has 1 aliphatic heterocycles. The highest BCUT2D eigenvalue weighted by Gasteiger charge is 2.43. The van der Waals surface area contributed by atoms with Gasteiger partial charge in [0.05, 0.1) is 0 Å². The van der Waals surface area contributed by atoms with Gasteiger partial charge in [0.15, 0.2) is 0 Å². The van der Waals surface area contributed by atoms with Gasteiger partial charge >= 0.3 is 0 Å². The summed E-state index contributed by atoms with van der Waals surface area (Å²) in [5.74, 6) is 1.65. The molecule has 2 N–H and O–H groups in total. The van der Waals surface area contributed by atoms with Crippen molar-refractivity contribution in [2.24, 2.45) is 17.6 Å². The van der Waals surface area contributed by atoms with Crippen LogP contribution in [-0.2, 0) is 0 Å². The van der Waals surface area contributed by atoms with Gasteiger partial charge in [-0.3, -0.25) is 9.80 Å². The van der Waals surface area contributed by atoms with Crippen LogP contribution in [0.15, 0.2) is 0 Å². The third kappa shape index (κ3) is 3.14. The van der Waals surface area contributed by atoms with Gasteiger partial charge in [-0.15, -0.1) is 0 Å². The molecule has 0 aromatic carbocycles. The Labute approximate surface area is 119 Å². The van der Waals surface area contributed by atoms with Crippen molar-refractivity contribution in [2.45, 2.75) is 58.5 Å². The summed E-state index contributed by atoms with van der Waals surface area (Å²) >= 11 is 0. The molecule has 0 aromatic rings.